The van der Waals surface area contributed by atoms with Gasteiger partial charge in [-0.1, -0.05) is 18.7 Å². The summed E-state index contributed by atoms with van der Waals surface area (Å²) in [5, 5.41) is 10.2. The Hall–Kier alpha value is -3.61. The van der Waals surface area contributed by atoms with E-state index < -0.39 is 0 Å². The van der Waals surface area contributed by atoms with E-state index in [-0.39, 0.29) is 5.75 Å². The number of allylic oxidation sites excluding steroid dienone is 2. The molecule has 2 aliphatic heterocycles. The first kappa shape index (κ1) is 19.4. The Bertz CT molecular complexity index is 1170. The molecule has 5 rings (SSSR count). The normalized spacial score (nSPS) is 21.4. The minimum Gasteiger partial charge on any atom is -0.507 e. The van der Waals surface area contributed by atoms with Crippen molar-refractivity contribution < 1.29 is 5.11 Å². The second-order valence-electron chi connectivity index (χ2n) is 8.04. The third-order valence-electron chi connectivity index (χ3n) is 6.20. The Morgan fingerprint density at radius 1 is 1.16 bits per heavy atom. The maximum atomic E-state index is 10.2. The van der Waals surface area contributed by atoms with Crippen molar-refractivity contribution in [3.05, 3.63) is 67.2 Å². The van der Waals surface area contributed by atoms with E-state index in [2.05, 4.69) is 26.4 Å². The van der Waals surface area contributed by atoms with Crippen LogP contribution in [-0.2, 0) is 0 Å². The van der Waals surface area contributed by atoms with E-state index in [0.717, 1.165) is 24.6 Å². The fourth-order valence-corrected chi connectivity index (χ4v) is 4.78. The number of piperazine rings is 1. The zero-order valence-corrected chi connectivity index (χ0v) is 17.6. The number of benzene rings is 1. The molecule has 2 aliphatic rings. The van der Waals surface area contributed by atoms with Gasteiger partial charge in [-0.15, -0.1) is 0 Å². The lowest BCUT2D eigenvalue weighted by Gasteiger charge is -2.43. The number of nitrogens with zero attached hydrogens (tertiary/aromatic N) is 6. The van der Waals surface area contributed by atoms with E-state index >= 15 is 0 Å². The first-order valence-electron chi connectivity index (χ1n) is 10.6. The van der Waals surface area contributed by atoms with Crippen molar-refractivity contribution >= 4 is 17.8 Å². The summed E-state index contributed by atoms with van der Waals surface area (Å²) in [5.41, 5.74) is 2.56. The molecule has 0 saturated carbocycles. The third-order valence-corrected chi connectivity index (χ3v) is 6.20. The van der Waals surface area contributed by atoms with Gasteiger partial charge < -0.3 is 14.9 Å². The smallest absolute Gasteiger partial charge is 0.236 e. The van der Waals surface area contributed by atoms with Crippen LogP contribution in [0.25, 0.3) is 17.0 Å². The standard InChI is InChI=1S/C24H26N6O/c1-3-17(10-12-25-2)30-18-8-9-19(30)15-29(14-18)23-11-13-28-16-21(26-24(28)27-23)20-6-4-5-7-22(20)31/h3-7,10-13,16,18-19,31H,1,8-9,14-15H2,2H3/b17-10+,25-12-. The molecule has 2 saturated heterocycles. The Morgan fingerprint density at radius 3 is 2.65 bits per heavy atom. The zero-order valence-electron chi connectivity index (χ0n) is 17.6. The molecule has 3 aromatic rings. The topological polar surface area (TPSA) is 69.3 Å². The van der Waals surface area contributed by atoms with E-state index in [1.165, 1.54) is 12.8 Å². The van der Waals surface area contributed by atoms with Crippen LogP contribution in [0.3, 0.4) is 0 Å². The number of aromatic hydroxyl groups is 1. The number of fused-ring (bicyclic) bond motifs is 3. The number of hydrogen-bond donors (Lipinski definition) is 1. The van der Waals surface area contributed by atoms with Crippen molar-refractivity contribution in [2.24, 2.45) is 4.99 Å². The van der Waals surface area contributed by atoms with Gasteiger partial charge in [0, 0.05) is 62.1 Å². The number of aliphatic imine (C=N–C) groups is 1. The van der Waals surface area contributed by atoms with Gasteiger partial charge >= 0.3 is 0 Å². The maximum Gasteiger partial charge on any atom is 0.236 e. The molecule has 7 nitrogen and oxygen atoms in total. The van der Waals surface area contributed by atoms with E-state index in [4.69, 9.17) is 4.98 Å². The highest BCUT2D eigenvalue weighted by molar-refractivity contribution is 5.72. The molecule has 31 heavy (non-hydrogen) atoms. The minimum absolute atomic E-state index is 0.220. The van der Waals surface area contributed by atoms with Crippen LogP contribution in [-0.4, -0.2) is 62.8 Å². The Morgan fingerprint density at radius 2 is 1.94 bits per heavy atom. The summed E-state index contributed by atoms with van der Waals surface area (Å²) in [4.78, 5) is 18.4. The first-order chi connectivity index (χ1) is 15.2. The van der Waals surface area contributed by atoms with Crippen LogP contribution in [0, 0.1) is 0 Å². The van der Waals surface area contributed by atoms with Crippen molar-refractivity contribution in [2.75, 3.05) is 25.0 Å². The highest BCUT2D eigenvalue weighted by Crippen LogP contribution is 2.35. The summed E-state index contributed by atoms with van der Waals surface area (Å²) in [6.07, 6.45) is 12.0. The van der Waals surface area contributed by atoms with Gasteiger partial charge in [-0.05, 0) is 43.2 Å². The number of rotatable bonds is 5. The van der Waals surface area contributed by atoms with E-state index in [1.54, 1.807) is 19.2 Å². The second-order valence-corrected chi connectivity index (χ2v) is 8.04. The molecule has 2 bridgehead atoms. The summed E-state index contributed by atoms with van der Waals surface area (Å²) >= 11 is 0. The van der Waals surface area contributed by atoms with Crippen molar-refractivity contribution in [1.29, 1.82) is 0 Å². The molecule has 0 aliphatic carbocycles. The molecule has 2 fully saturated rings. The van der Waals surface area contributed by atoms with Crippen LogP contribution in [0.5, 0.6) is 5.75 Å². The molecule has 2 atom stereocenters. The molecule has 2 aromatic heterocycles. The summed E-state index contributed by atoms with van der Waals surface area (Å²) in [5.74, 6) is 1.80. The molecule has 0 spiro atoms. The van der Waals surface area contributed by atoms with Gasteiger partial charge in [-0.3, -0.25) is 9.39 Å². The van der Waals surface area contributed by atoms with Crippen LogP contribution < -0.4 is 4.90 Å². The van der Waals surface area contributed by atoms with Gasteiger partial charge in [0.2, 0.25) is 5.78 Å². The van der Waals surface area contributed by atoms with Crippen LogP contribution in [0.15, 0.2) is 72.1 Å². The predicted molar refractivity (Wildman–Crippen MR) is 124 cm³/mol. The second kappa shape index (κ2) is 7.91. The molecule has 1 aromatic carbocycles. The van der Waals surface area contributed by atoms with Gasteiger partial charge in [0.05, 0.1) is 5.69 Å². The highest BCUT2D eigenvalue weighted by Gasteiger charge is 2.40. The molecule has 0 radical (unpaired) electrons. The van der Waals surface area contributed by atoms with Gasteiger partial charge in [0.1, 0.15) is 11.6 Å². The number of aromatic nitrogens is 3. The lowest BCUT2D eigenvalue weighted by molar-refractivity contribution is 0.228. The molecule has 0 amide bonds. The summed E-state index contributed by atoms with van der Waals surface area (Å²) in [6.45, 7) is 5.84. The summed E-state index contributed by atoms with van der Waals surface area (Å²) in [6, 6.07) is 10.2. The maximum absolute atomic E-state index is 10.2. The first-order valence-corrected chi connectivity index (χ1v) is 10.6. The average Bonchev–Trinajstić information content (AvgIpc) is 3.32. The van der Waals surface area contributed by atoms with E-state index in [0.29, 0.717) is 29.1 Å². The van der Waals surface area contributed by atoms with Crippen molar-refractivity contribution in [3.8, 4) is 17.0 Å². The van der Waals surface area contributed by atoms with Crippen LogP contribution in [0.1, 0.15) is 12.8 Å². The third kappa shape index (κ3) is 3.46. The fraction of sp³-hybridized carbons (Fsp3) is 0.292. The molecule has 7 heteroatoms. The lowest BCUT2D eigenvalue weighted by Crippen LogP contribution is -2.53. The van der Waals surface area contributed by atoms with Gasteiger partial charge in [0.25, 0.3) is 0 Å². The fourth-order valence-electron chi connectivity index (χ4n) is 4.78. The number of imidazole rings is 1. The molecule has 2 unspecified atom stereocenters. The molecule has 158 valence electrons. The number of phenols is 1. The average molecular weight is 415 g/mol. The molecule has 1 N–H and O–H groups in total. The molecular formula is C24H26N6O. The number of phenolic OH excluding ortho intramolecular Hbond substituents is 1. The van der Waals surface area contributed by atoms with Crippen molar-refractivity contribution in [2.45, 2.75) is 24.9 Å². The SMILES string of the molecule is C=C/C(=C\C=N/C)N1C2CCC1CN(c1ccn3cc(-c4ccccc4O)nc3n1)C2. The summed E-state index contributed by atoms with van der Waals surface area (Å²) < 4.78 is 1.90. The molecule has 4 heterocycles. The summed E-state index contributed by atoms with van der Waals surface area (Å²) in [7, 11) is 1.78. The monoisotopic (exact) mass is 414 g/mol. The van der Waals surface area contributed by atoms with Crippen LogP contribution in [0.4, 0.5) is 5.82 Å². The van der Waals surface area contributed by atoms with E-state index in [1.807, 2.05) is 53.4 Å². The number of hydrogen-bond acceptors (Lipinski definition) is 6. The van der Waals surface area contributed by atoms with Crippen LogP contribution in [0.2, 0.25) is 0 Å². The van der Waals surface area contributed by atoms with Gasteiger partial charge in [0.15, 0.2) is 0 Å². The minimum atomic E-state index is 0.220. The van der Waals surface area contributed by atoms with Crippen molar-refractivity contribution in [1.82, 2.24) is 19.3 Å². The van der Waals surface area contributed by atoms with Gasteiger partial charge in [-0.2, -0.15) is 4.98 Å². The predicted octanol–water partition coefficient (Wildman–Crippen LogP) is 3.53. The Labute approximate surface area is 181 Å². The lowest BCUT2D eigenvalue weighted by atomic mass is 10.1. The highest BCUT2D eigenvalue weighted by atomic mass is 16.3. The van der Waals surface area contributed by atoms with Gasteiger partial charge in [-0.25, -0.2) is 4.98 Å². The largest absolute Gasteiger partial charge is 0.507 e. The Kier molecular flexibility index (Phi) is 4.94. The zero-order chi connectivity index (χ0) is 21.4. The quantitative estimate of drug-likeness (QED) is 0.511. The Balaban J connectivity index is 1.41. The van der Waals surface area contributed by atoms with Crippen LogP contribution >= 0.6 is 0 Å². The molecular weight excluding hydrogens is 388 g/mol. The number of para-hydroxylation sites is 1. The van der Waals surface area contributed by atoms with Crippen molar-refractivity contribution in [3.63, 3.8) is 0 Å². The number of anilines is 1. The van der Waals surface area contributed by atoms with E-state index in [9.17, 15) is 5.11 Å².